The normalized spacial score (nSPS) is 21.1. The fourth-order valence-electron chi connectivity index (χ4n) is 3.74. The molecule has 2 aliphatic carbocycles. The zero-order valence-corrected chi connectivity index (χ0v) is 18.2. The number of hydrogen-bond acceptors (Lipinski definition) is 4. The maximum atomic E-state index is 13.7. The highest BCUT2D eigenvalue weighted by Gasteiger charge is 2.30. The van der Waals surface area contributed by atoms with Crippen LogP contribution in [-0.4, -0.2) is 24.7 Å². The first-order valence-electron chi connectivity index (χ1n) is 11.0. The zero-order valence-electron chi connectivity index (χ0n) is 18.2. The molecule has 0 bridgehead atoms. The van der Waals surface area contributed by atoms with Gasteiger partial charge in [-0.3, -0.25) is 4.79 Å². The Bertz CT molecular complexity index is 992. The molecule has 5 nitrogen and oxygen atoms in total. The standard InChI is InChI=1S/C24H24F5NO4/c25-17-18(26)20(28)22(21(29)19(17)27)34-24(32)33-16-9-5-4-8-15(10-11-16)23(31)30-13-12-14-6-2-1-3-7-14/h2,5-7,9,15-16H,1,3-4,8,10-13H2,(H,30,31)/b9-5+/t15-,16+/m0/s1. The van der Waals surface area contributed by atoms with E-state index in [1.165, 1.54) is 11.6 Å². The van der Waals surface area contributed by atoms with Crippen LogP contribution < -0.4 is 10.1 Å². The number of carbonyl (C=O) groups excluding carboxylic acids is 2. The minimum Gasteiger partial charge on any atom is -0.426 e. The Kier molecular flexibility index (Phi) is 8.84. The molecular weight excluding hydrogens is 461 g/mol. The van der Waals surface area contributed by atoms with Crippen LogP contribution in [0.1, 0.15) is 44.9 Å². The molecule has 1 N–H and O–H groups in total. The van der Waals surface area contributed by atoms with Gasteiger partial charge in [0.1, 0.15) is 6.10 Å². The van der Waals surface area contributed by atoms with Crippen LogP contribution in [0.5, 0.6) is 5.75 Å². The van der Waals surface area contributed by atoms with Gasteiger partial charge in [-0.1, -0.05) is 29.9 Å². The minimum absolute atomic E-state index is 0.126. The van der Waals surface area contributed by atoms with Gasteiger partial charge >= 0.3 is 6.16 Å². The van der Waals surface area contributed by atoms with E-state index < -0.39 is 47.1 Å². The van der Waals surface area contributed by atoms with Crippen molar-refractivity contribution in [3.63, 3.8) is 0 Å². The lowest BCUT2D eigenvalue weighted by Crippen LogP contribution is -2.33. The second-order valence-electron chi connectivity index (χ2n) is 7.99. The summed E-state index contributed by atoms with van der Waals surface area (Å²) in [5.74, 6) is -13.6. The summed E-state index contributed by atoms with van der Waals surface area (Å²) >= 11 is 0. The summed E-state index contributed by atoms with van der Waals surface area (Å²) in [6, 6.07) is 0. The summed E-state index contributed by atoms with van der Waals surface area (Å²) in [5, 5.41) is 2.91. The van der Waals surface area contributed by atoms with Crippen LogP contribution in [0.3, 0.4) is 0 Å². The monoisotopic (exact) mass is 485 g/mol. The number of allylic oxidation sites excluding steroid dienone is 4. The highest BCUT2D eigenvalue weighted by atomic mass is 19.2. The summed E-state index contributed by atoms with van der Waals surface area (Å²) in [4.78, 5) is 24.5. The Hall–Kier alpha value is -3.17. The molecule has 3 rings (SSSR count). The maximum Gasteiger partial charge on any atom is 0.514 e. The van der Waals surface area contributed by atoms with Crippen LogP contribution in [0.15, 0.2) is 36.0 Å². The third-order valence-corrected chi connectivity index (χ3v) is 5.59. The Morgan fingerprint density at radius 1 is 0.882 bits per heavy atom. The zero-order chi connectivity index (χ0) is 24.7. The van der Waals surface area contributed by atoms with Gasteiger partial charge in [0.05, 0.1) is 0 Å². The summed E-state index contributed by atoms with van der Waals surface area (Å²) in [6.07, 6.45) is 11.4. The first-order chi connectivity index (χ1) is 16.3. The third kappa shape index (κ3) is 6.45. The van der Waals surface area contributed by atoms with Gasteiger partial charge in [-0.2, -0.15) is 8.78 Å². The van der Waals surface area contributed by atoms with Gasteiger partial charge in [-0.05, 0) is 51.0 Å². The van der Waals surface area contributed by atoms with Crippen LogP contribution in [0.4, 0.5) is 26.7 Å². The molecule has 2 atom stereocenters. The van der Waals surface area contributed by atoms with Crippen molar-refractivity contribution < 1.29 is 41.0 Å². The van der Waals surface area contributed by atoms with E-state index in [0.717, 1.165) is 19.3 Å². The number of halogens is 5. The molecule has 0 saturated heterocycles. The maximum absolute atomic E-state index is 13.7. The number of ether oxygens (including phenoxy) is 2. The van der Waals surface area contributed by atoms with Crippen molar-refractivity contribution in [1.82, 2.24) is 5.32 Å². The lowest BCUT2D eigenvalue weighted by atomic mass is 9.92. The molecule has 0 spiro atoms. The second kappa shape index (κ2) is 11.8. The first-order valence-corrected chi connectivity index (χ1v) is 11.0. The van der Waals surface area contributed by atoms with Crippen molar-refractivity contribution in [3.8, 4) is 5.75 Å². The molecule has 0 unspecified atom stereocenters. The van der Waals surface area contributed by atoms with Gasteiger partial charge in [0.15, 0.2) is 0 Å². The molecule has 2 aliphatic rings. The predicted octanol–water partition coefficient (Wildman–Crippen LogP) is 5.80. The molecule has 10 heteroatoms. The smallest absolute Gasteiger partial charge is 0.426 e. The average Bonchev–Trinajstić information content (AvgIpc) is 2.82. The topological polar surface area (TPSA) is 64.6 Å². The summed E-state index contributed by atoms with van der Waals surface area (Å²) in [6.45, 7) is 0.496. The van der Waals surface area contributed by atoms with Gasteiger partial charge in [0.2, 0.25) is 40.7 Å². The summed E-state index contributed by atoms with van der Waals surface area (Å²) < 4.78 is 76.3. The first kappa shape index (κ1) is 25.5. The molecular formula is C24H24F5NO4. The number of nitrogens with one attached hydrogen (secondary N) is 1. The van der Waals surface area contributed by atoms with Crippen molar-refractivity contribution in [1.29, 1.82) is 0 Å². The molecule has 0 heterocycles. The molecule has 1 aromatic carbocycles. The molecule has 0 aromatic heterocycles. The molecule has 0 fully saturated rings. The molecule has 184 valence electrons. The molecule has 1 amide bonds. The van der Waals surface area contributed by atoms with E-state index in [1.54, 1.807) is 6.08 Å². The van der Waals surface area contributed by atoms with E-state index in [9.17, 15) is 31.5 Å². The van der Waals surface area contributed by atoms with Crippen LogP contribution in [0.25, 0.3) is 0 Å². The van der Waals surface area contributed by atoms with Crippen LogP contribution in [-0.2, 0) is 9.53 Å². The number of carbonyl (C=O) groups is 2. The number of rotatable bonds is 6. The van der Waals surface area contributed by atoms with E-state index in [0.29, 0.717) is 25.8 Å². The Balaban J connectivity index is 1.52. The van der Waals surface area contributed by atoms with Crippen molar-refractivity contribution in [3.05, 3.63) is 65.0 Å². The average molecular weight is 485 g/mol. The number of hydrogen-bond donors (Lipinski definition) is 1. The molecule has 0 aliphatic heterocycles. The minimum atomic E-state index is -2.37. The number of benzene rings is 1. The van der Waals surface area contributed by atoms with E-state index in [4.69, 9.17) is 4.74 Å². The summed E-state index contributed by atoms with van der Waals surface area (Å²) in [7, 11) is 0. The predicted molar refractivity (Wildman–Crippen MR) is 112 cm³/mol. The van der Waals surface area contributed by atoms with Crippen LogP contribution in [0, 0.1) is 35.0 Å². The molecule has 1 aromatic rings. The number of amides is 1. The fourth-order valence-corrected chi connectivity index (χ4v) is 3.74. The van der Waals surface area contributed by atoms with Gasteiger partial charge in [0, 0.05) is 12.5 Å². The van der Waals surface area contributed by atoms with E-state index in [-0.39, 0.29) is 18.2 Å². The molecule has 0 saturated carbocycles. The Morgan fingerprint density at radius 2 is 1.59 bits per heavy atom. The molecule has 34 heavy (non-hydrogen) atoms. The SMILES string of the molecule is O=C(Oc1c(F)c(F)c(F)c(F)c1F)O[C@@H]1/C=C/CC[C@H](C(=O)NCCC2=CCCC=C2)CC1. The van der Waals surface area contributed by atoms with Crippen molar-refractivity contribution in [2.24, 2.45) is 5.92 Å². The molecule has 0 radical (unpaired) electrons. The van der Waals surface area contributed by atoms with Gasteiger partial charge in [0.25, 0.3) is 0 Å². The van der Waals surface area contributed by atoms with Crippen LogP contribution in [0.2, 0.25) is 0 Å². The van der Waals surface area contributed by atoms with E-state index >= 15 is 0 Å². The van der Waals surface area contributed by atoms with Crippen molar-refractivity contribution >= 4 is 12.1 Å². The third-order valence-electron chi connectivity index (χ3n) is 5.59. The van der Waals surface area contributed by atoms with E-state index in [2.05, 4.69) is 22.2 Å². The van der Waals surface area contributed by atoms with Crippen LogP contribution >= 0.6 is 0 Å². The lowest BCUT2D eigenvalue weighted by Gasteiger charge is -2.21. The lowest BCUT2D eigenvalue weighted by molar-refractivity contribution is -0.125. The van der Waals surface area contributed by atoms with Gasteiger partial charge in [-0.25, -0.2) is 18.0 Å². The Morgan fingerprint density at radius 3 is 2.26 bits per heavy atom. The van der Waals surface area contributed by atoms with Crippen molar-refractivity contribution in [2.75, 3.05) is 6.54 Å². The van der Waals surface area contributed by atoms with Gasteiger partial charge in [-0.15, -0.1) is 0 Å². The quantitative estimate of drug-likeness (QED) is 0.138. The Labute approximate surface area is 193 Å². The van der Waals surface area contributed by atoms with Gasteiger partial charge < -0.3 is 14.8 Å². The highest BCUT2D eigenvalue weighted by molar-refractivity contribution is 5.78. The fraction of sp³-hybridized carbons (Fsp3) is 0.417. The largest absolute Gasteiger partial charge is 0.514 e. The van der Waals surface area contributed by atoms with E-state index in [1.807, 2.05) is 6.08 Å². The second-order valence-corrected chi connectivity index (χ2v) is 7.99. The summed E-state index contributed by atoms with van der Waals surface area (Å²) in [5.41, 5.74) is 1.17. The van der Waals surface area contributed by atoms with Crippen molar-refractivity contribution in [2.45, 2.75) is 51.0 Å². The highest BCUT2D eigenvalue weighted by Crippen LogP contribution is 2.30.